The first-order valence-electron chi connectivity index (χ1n) is 6.60. The summed E-state index contributed by atoms with van der Waals surface area (Å²) >= 11 is 0. The Morgan fingerprint density at radius 3 is 2.19 bits per heavy atom. The number of hydrogen-bond donors (Lipinski definition) is 1. The van der Waals surface area contributed by atoms with Crippen LogP contribution in [-0.2, 0) is 15.8 Å². The fourth-order valence-corrected chi connectivity index (χ4v) is 3.70. The zero-order chi connectivity index (χ0) is 15.6. The van der Waals surface area contributed by atoms with Crippen molar-refractivity contribution in [3.05, 3.63) is 64.5 Å². The molecule has 0 aliphatic carbocycles. The van der Waals surface area contributed by atoms with Crippen molar-refractivity contribution in [2.24, 2.45) is 0 Å². The molecule has 0 unspecified atom stereocenters. The molecule has 0 saturated carbocycles. The number of halogens is 1. The first-order valence-corrected chi connectivity index (χ1v) is 8.25. The molecule has 2 aromatic rings. The predicted octanol–water partition coefficient (Wildman–Crippen LogP) is 3.69. The number of nitrogens with one attached hydrogen (secondary N) is 1. The van der Waals surface area contributed by atoms with E-state index in [4.69, 9.17) is 0 Å². The fraction of sp³-hybridized carbons (Fsp3) is 0.250. The summed E-state index contributed by atoms with van der Waals surface area (Å²) in [6, 6.07) is 9.71. The summed E-state index contributed by atoms with van der Waals surface area (Å²) in [5.41, 5.74) is 3.50. The van der Waals surface area contributed by atoms with E-state index in [1.165, 1.54) is 18.2 Å². The zero-order valence-electron chi connectivity index (χ0n) is 12.3. The van der Waals surface area contributed by atoms with E-state index in [1.54, 1.807) is 6.07 Å². The van der Waals surface area contributed by atoms with Crippen molar-refractivity contribution in [1.82, 2.24) is 0 Å². The van der Waals surface area contributed by atoms with Gasteiger partial charge in [-0.3, -0.25) is 4.72 Å². The standard InChI is InChI=1S/C16H18FNO2S/c1-11-8-12(2)16(13(3)9-11)18-21(19,20)10-14-6-4-5-7-15(14)17/h4-9,18H,10H2,1-3H3. The van der Waals surface area contributed by atoms with E-state index < -0.39 is 15.8 Å². The average molecular weight is 307 g/mol. The topological polar surface area (TPSA) is 46.2 Å². The molecule has 0 radical (unpaired) electrons. The van der Waals surface area contributed by atoms with E-state index >= 15 is 0 Å². The lowest BCUT2D eigenvalue weighted by Crippen LogP contribution is -2.17. The van der Waals surface area contributed by atoms with Gasteiger partial charge >= 0.3 is 0 Å². The maximum Gasteiger partial charge on any atom is 0.237 e. The van der Waals surface area contributed by atoms with Crippen LogP contribution in [0.4, 0.5) is 10.1 Å². The minimum atomic E-state index is -3.66. The number of benzene rings is 2. The van der Waals surface area contributed by atoms with E-state index in [0.29, 0.717) is 5.69 Å². The summed E-state index contributed by atoms with van der Waals surface area (Å²) in [5, 5.41) is 0. The summed E-state index contributed by atoms with van der Waals surface area (Å²) in [6.45, 7) is 5.65. The molecule has 2 aromatic carbocycles. The van der Waals surface area contributed by atoms with E-state index in [0.717, 1.165) is 16.7 Å². The Bertz CT molecular complexity index is 747. The minimum absolute atomic E-state index is 0.160. The molecule has 0 fully saturated rings. The van der Waals surface area contributed by atoms with E-state index in [9.17, 15) is 12.8 Å². The summed E-state index contributed by atoms with van der Waals surface area (Å²) in [7, 11) is -3.66. The van der Waals surface area contributed by atoms with Gasteiger partial charge in [0, 0.05) is 5.56 Å². The molecular formula is C16H18FNO2S. The van der Waals surface area contributed by atoms with E-state index in [2.05, 4.69) is 4.72 Å². The predicted molar refractivity (Wildman–Crippen MR) is 83.3 cm³/mol. The Balaban J connectivity index is 2.29. The van der Waals surface area contributed by atoms with Crippen LogP contribution in [0.25, 0.3) is 0 Å². The van der Waals surface area contributed by atoms with Gasteiger partial charge in [-0.1, -0.05) is 35.9 Å². The number of rotatable bonds is 4. The summed E-state index contributed by atoms with van der Waals surface area (Å²) in [6.07, 6.45) is 0. The third kappa shape index (κ3) is 3.82. The largest absolute Gasteiger partial charge is 0.283 e. The molecule has 112 valence electrons. The number of sulfonamides is 1. The molecule has 0 aliphatic heterocycles. The highest BCUT2D eigenvalue weighted by atomic mass is 32.2. The molecule has 0 atom stereocenters. The molecule has 2 rings (SSSR count). The molecule has 0 heterocycles. The zero-order valence-corrected chi connectivity index (χ0v) is 13.1. The van der Waals surface area contributed by atoms with Crippen molar-refractivity contribution in [1.29, 1.82) is 0 Å². The normalized spacial score (nSPS) is 11.4. The highest BCUT2D eigenvalue weighted by Gasteiger charge is 2.16. The van der Waals surface area contributed by atoms with E-state index in [-0.39, 0.29) is 11.3 Å². The molecule has 0 spiro atoms. The number of hydrogen-bond acceptors (Lipinski definition) is 2. The van der Waals surface area contributed by atoms with E-state index in [1.807, 2.05) is 32.9 Å². The van der Waals surface area contributed by atoms with Gasteiger partial charge in [0.1, 0.15) is 5.82 Å². The molecule has 0 saturated heterocycles. The Hall–Kier alpha value is -1.88. The van der Waals surface area contributed by atoms with Gasteiger partial charge in [0.15, 0.2) is 0 Å². The lowest BCUT2D eigenvalue weighted by molar-refractivity contribution is 0.591. The third-order valence-electron chi connectivity index (χ3n) is 3.24. The molecular weight excluding hydrogens is 289 g/mol. The smallest absolute Gasteiger partial charge is 0.237 e. The van der Waals surface area contributed by atoms with Crippen LogP contribution in [0, 0.1) is 26.6 Å². The van der Waals surface area contributed by atoms with Crippen molar-refractivity contribution >= 4 is 15.7 Å². The highest BCUT2D eigenvalue weighted by Crippen LogP contribution is 2.24. The summed E-state index contributed by atoms with van der Waals surface area (Å²) in [5.74, 6) is -0.896. The number of anilines is 1. The first kappa shape index (κ1) is 15.5. The molecule has 3 nitrogen and oxygen atoms in total. The van der Waals surface area contributed by atoms with Crippen LogP contribution in [0.1, 0.15) is 22.3 Å². The maximum absolute atomic E-state index is 13.6. The highest BCUT2D eigenvalue weighted by molar-refractivity contribution is 7.91. The van der Waals surface area contributed by atoms with Gasteiger partial charge in [0.2, 0.25) is 10.0 Å². The quantitative estimate of drug-likeness (QED) is 0.936. The van der Waals surface area contributed by atoms with Gasteiger partial charge in [-0.25, -0.2) is 12.8 Å². The van der Waals surface area contributed by atoms with Crippen LogP contribution in [-0.4, -0.2) is 8.42 Å². The van der Waals surface area contributed by atoms with Crippen molar-refractivity contribution in [3.63, 3.8) is 0 Å². The van der Waals surface area contributed by atoms with Crippen LogP contribution >= 0.6 is 0 Å². The molecule has 0 bridgehead atoms. The molecule has 5 heteroatoms. The second-order valence-electron chi connectivity index (χ2n) is 5.23. The van der Waals surface area contributed by atoms with Crippen LogP contribution in [0.15, 0.2) is 36.4 Å². The molecule has 0 aliphatic rings. The van der Waals surface area contributed by atoms with Gasteiger partial charge in [-0.05, 0) is 38.0 Å². The lowest BCUT2D eigenvalue weighted by Gasteiger charge is -2.14. The molecule has 0 aromatic heterocycles. The first-order chi connectivity index (χ1) is 9.78. The van der Waals surface area contributed by atoms with Gasteiger partial charge in [-0.15, -0.1) is 0 Å². The second-order valence-corrected chi connectivity index (χ2v) is 6.95. The Morgan fingerprint density at radius 2 is 1.62 bits per heavy atom. The van der Waals surface area contributed by atoms with Gasteiger partial charge in [0.05, 0.1) is 11.4 Å². The van der Waals surface area contributed by atoms with Crippen LogP contribution < -0.4 is 4.72 Å². The van der Waals surface area contributed by atoms with Gasteiger partial charge < -0.3 is 0 Å². The Labute approximate surface area is 124 Å². The van der Waals surface area contributed by atoms with Crippen LogP contribution in [0.3, 0.4) is 0 Å². The fourth-order valence-electron chi connectivity index (χ4n) is 2.35. The molecule has 0 amide bonds. The van der Waals surface area contributed by atoms with Crippen LogP contribution in [0.2, 0.25) is 0 Å². The van der Waals surface area contributed by atoms with Crippen LogP contribution in [0.5, 0.6) is 0 Å². The average Bonchev–Trinajstić information content (AvgIpc) is 2.36. The molecule has 1 N–H and O–H groups in total. The minimum Gasteiger partial charge on any atom is -0.283 e. The Morgan fingerprint density at radius 1 is 1.05 bits per heavy atom. The summed E-state index contributed by atoms with van der Waals surface area (Å²) in [4.78, 5) is 0. The summed E-state index contributed by atoms with van der Waals surface area (Å²) < 4.78 is 40.6. The third-order valence-corrected chi connectivity index (χ3v) is 4.44. The lowest BCUT2D eigenvalue weighted by atomic mass is 10.1. The van der Waals surface area contributed by atoms with Crippen molar-refractivity contribution < 1.29 is 12.8 Å². The monoisotopic (exact) mass is 307 g/mol. The van der Waals surface area contributed by atoms with Crippen molar-refractivity contribution in [2.75, 3.05) is 4.72 Å². The van der Waals surface area contributed by atoms with Gasteiger partial charge in [-0.2, -0.15) is 0 Å². The number of aryl methyl sites for hydroxylation is 3. The SMILES string of the molecule is Cc1cc(C)c(NS(=O)(=O)Cc2ccccc2F)c(C)c1. The maximum atomic E-state index is 13.6. The molecule has 21 heavy (non-hydrogen) atoms. The van der Waals surface area contributed by atoms with Gasteiger partial charge in [0.25, 0.3) is 0 Å². The van der Waals surface area contributed by atoms with Crippen molar-refractivity contribution in [2.45, 2.75) is 26.5 Å². The van der Waals surface area contributed by atoms with Crippen molar-refractivity contribution in [3.8, 4) is 0 Å². The second kappa shape index (κ2) is 5.85. The Kier molecular flexibility index (Phi) is 4.32.